The summed E-state index contributed by atoms with van der Waals surface area (Å²) in [6.45, 7) is 10.4. The Morgan fingerprint density at radius 2 is 1.88 bits per heavy atom. The highest BCUT2D eigenvalue weighted by atomic mass is 16.2. The Hall–Kier alpha value is -1.79. The molecule has 0 aromatic heterocycles. The molecule has 4 amide bonds. The van der Waals surface area contributed by atoms with Gasteiger partial charge < -0.3 is 20.9 Å². The average molecular weight is 340 g/mol. The van der Waals surface area contributed by atoms with Crippen LogP contribution in [0, 0.1) is 0 Å². The van der Waals surface area contributed by atoms with Crippen molar-refractivity contribution in [2.75, 3.05) is 13.1 Å². The van der Waals surface area contributed by atoms with Crippen LogP contribution < -0.4 is 16.0 Å². The number of likely N-dealkylation sites (tertiary alicyclic amines) is 1. The fourth-order valence-corrected chi connectivity index (χ4v) is 2.69. The van der Waals surface area contributed by atoms with Gasteiger partial charge in [-0.05, 0) is 53.9 Å². The second kappa shape index (κ2) is 8.89. The largest absolute Gasteiger partial charge is 0.350 e. The van der Waals surface area contributed by atoms with E-state index in [2.05, 4.69) is 22.9 Å². The van der Waals surface area contributed by atoms with Gasteiger partial charge in [0.1, 0.15) is 6.04 Å². The summed E-state index contributed by atoms with van der Waals surface area (Å²) in [7, 11) is 0. The Kier molecular flexibility index (Phi) is 7.51. The quantitative estimate of drug-likeness (QED) is 0.706. The van der Waals surface area contributed by atoms with E-state index in [-0.39, 0.29) is 36.4 Å². The van der Waals surface area contributed by atoms with E-state index in [9.17, 15) is 14.4 Å². The van der Waals surface area contributed by atoms with Crippen LogP contribution >= 0.6 is 0 Å². The van der Waals surface area contributed by atoms with Crippen LogP contribution in [0.1, 0.15) is 60.3 Å². The highest BCUT2D eigenvalue weighted by Crippen LogP contribution is 2.16. The van der Waals surface area contributed by atoms with Gasteiger partial charge in [0.15, 0.2) is 0 Å². The summed E-state index contributed by atoms with van der Waals surface area (Å²) in [5.74, 6) is -0.170. The van der Waals surface area contributed by atoms with Gasteiger partial charge in [-0.3, -0.25) is 9.59 Å². The molecule has 0 aromatic rings. The molecule has 138 valence electrons. The van der Waals surface area contributed by atoms with Crippen molar-refractivity contribution < 1.29 is 14.4 Å². The molecule has 7 heteroatoms. The van der Waals surface area contributed by atoms with Crippen LogP contribution in [0.25, 0.3) is 0 Å². The molecule has 1 heterocycles. The first kappa shape index (κ1) is 20.3. The van der Waals surface area contributed by atoms with Crippen molar-refractivity contribution >= 4 is 17.8 Å². The Morgan fingerprint density at radius 3 is 2.46 bits per heavy atom. The zero-order valence-electron chi connectivity index (χ0n) is 15.6. The Bertz CT molecular complexity index is 459. The lowest BCUT2D eigenvalue weighted by Crippen LogP contribution is -2.53. The van der Waals surface area contributed by atoms with E-state index < -0.39 is 12.1 Å². The van der Waals surface area contributed by atoms with Crippen molar-refractivity contribution in [3.05, 3.63) is 0 Å². The zero-order valence-corrected chi connectivity index (χ0v) is 15.6. The number of nitrogens with one attached hydrogen (secondary N) is 3. The highest BCUT2D eigenvalue weighted by molar-refractivity contribution is 5.87. The number of carbonyl (C=O) groups is 3. The number of hydrogen-bond donors (Lipinski definition) is 3. The topological polar surface area (TPSA) is 90.5 Å². The van der Waals surface area contributed by atoms with E-state index in [0.29, 0.717) is 0 Å². The van der Waals surface area contributed by atoms with Crippen molar-refractivity contribution in [2.45, 2.75) is 77.9 Å². The van der Waals surface area contributed by atoms with Crippen LogP contribution in [-0.2, 0) is 9.59 Å². The summed E-state index contributed by atoms with van der Waals surface area (Å²) in [4.78, 5) is 37.8. The summed E-state index contributed by atoms with van der Waals surface area (Å²) in [6, 6.07) is -0.797. The van der Waals surface area contributed by atoms with E-state index >= 15 is 0 Å². The monoisotopic (exact) mass is 340 g/mol. The Balaban J connectivity index is 2.28. The maximum atomic E-state index is 12.2. The summed E-state index contributed by atoms with van der Waals surface area (Å²) < 4.78 is 0. The number of nitrogens with zero attached hydrogens (tertiary/aromatic N) is 1. The third-order valence-electron chi connectivity index (χ3n) is 3.99. The molecule has 0 saturated carbocycles. The third-order valence-corrected chi connectivity index (χ3v) is 3.99. The predicted molar refractivity (Wildman–Crippen MR) is 93.5 cm³/mol. The van der Waals surface area contributed by atoms with Gasteiger partial charge in [0.05, 0.1) is 0 Å². The molecular formula is C17H32N4O3. The van der Waals surface area contributed by atoms with Crippen molar-refractivity contribution in [1.29, 1.82) is 0 Å². The molecule has 1 aliphatic rings. The second-order valence-electron chi connectivity index (χ2n) is 7.54. The Labute approximate surface area is 144 Å². The van der Waals surface area contributed by atoms with Gasteiger partial charge in [0.25, 0.3) is 0 Å². The number of carbonyl (C=O) groups excluding carboxylic acids is 3. The summed E-state index contributed by atoms with van der Waals surface area (Å²) >= 11 is 0. The van der Waals surface area contributed by atoms with Gasteiger partial charge in [-0.2, -0.15) is 0 Å². The molecule has 1 saturated heterocycles. The molecule has 0 bridgehead atoms. The van der Waals surface area contributed by atoms with Gasteiger partial charge in [-0.15, -0.1) is 0 Å². The van der Waals surface area contributed by atoms with Crippen molar-refractivity contribution in [3.8, 4) is 0 Å². The van der Waals surface area contributed by atoms with Crippen molar-refractivity contribution in [3.63, 3.8) is 0 Å². The number of hydrogen-bond acceptors (Lipinski definition) is 3. The second-order valence-corrected chi connectivity index (χ2v) is 7.54. The van der Waals surface area contributed by atoms with Gasteiger partial charge in [0.2, 0.25) is 11.8 Å². The fourth-order valence-electron chi connectivity index (χ4n) is 2.69. The van der Waals surface area contributed by atoms with E-state index in [1.165, 1.54) is 6.42 Å². The van der Waals surface area contributed by atoms with Crippen LogP contribution in [0.3, 0.4) is 0 Å². The maximum Gasteiger partial charge on any atom is 0.315 e. The minimum atomic E-state index is -0.637. The van der Waals surface area contributed by atoms with E-state index in [1.54, 1.807) is 6.92 Å². The first-order valence-corrected chi connectivity index (χ1v) is 8.76. The van der Waals surface area contributed by atoms with Gasteiger partial charge in [-0.1, -0.05) is 0 Å². The average Bonchev–Trinajstić information content (AvgIpc) is 2.45. The number of rotatable bonds is 5. The number of urea groups is 1. The SMILES string of the molecule is C[C@@H]1CCCCN1C(=O)CCNC(=O)N[C@H](C)C(=O)NC(C)(C)C. The first-order chi connectivity index (χ1) is 11.1. The molecule has 0 aliphatic carbocycles. The highest BCUT2D eigenvalue weighted by Gasteiger charge is 2.23. The molecule has 0 spiro atoms. The fraction of sp³-hybridized carbons (Fsp3) is 0.824. The molecule has 0 aromatic carbocycles. The maximum absolute atomic E-state index is 12.2. The standard InChI is InChI=1S/C17H32N4O3/c1-12-8-6-7-11-21(12)14(22)9-10-18-16(24)19-13(2)15(23)20-17(3,4)5/h12-13H,6-11H2,1-5H3,(H,20,23)(H2,18,19,24)/t12-,13-/m1/s1. The van der Waals surface area contributed by atoms with E-state index in [1.807, 2.05) is 25.7 Å². The molecule has 1 rings (SSSR count). The van der Waals surface area contributed by atoms with Crippen LogP contribution in [0.15, 0.2) is 0 Å². The van der Waals surface area contributed by atoms with Crippen molar-refractivity contribution in [2.24, 2.45) is 0 Å². The predicted octanol–water partition coefficient (Wildman–Crippen LogP) is 1.38. The van der Waals surface area contributed by atoms with Crippen LogP contribution in [0.5, 0.6) is 0 Å². The first-order valence-electron chi connectivity index (χ1n) is 8.76. The minimum absolute atomic E-state index is 0.0704. The smallest absolute Gasteiger partial charge is 0.315 e. The molecule has 1 fully saturated rings. The van der Waals surface area contributed by atoms with Crippen LogP contribution in [-0.4, -0.2) is 53.5 Å². The molecule has 3 N–H and O–H groups in total. The molecule has 7 nitrogen and oxygen atoms in total. The van der Waals surface area contributed by atoms with Crippen LogP contribution in [0.2, 0.25) is 0 Å². The normalized spacial score (nSPS) is 19.4. The molecule has 1 aliphatic heterocycles. The minimum Gasteiger partial charge on any atom is -0.350 e. The molecular weight excluding hydrogens is 308 g/mol. The molecule has 0 radical (unpaired) electrons. The van der Waals surface area contributed by atoms with E-state index in [4.69, 9.17) is 0 Å². The van der Waals surface area contributed by atoms with Gasteiger partial charge in [0, 0.05) is 31.1 Å². The zero-order chi connectivity index (χ0) is 18.3. The van der Waals surface area contributed by atoms with Crippen LogP contribution in [0.4, 0.5) is 4.79 Å². The molecule has 0 unspecified atom stereocenters. The summed E-state index contributed by atoms with van der Waals surface area (Å²) in [5, 5.41) is 8.02. The summed E-state index contributed by atoms with van der Waals surface area (Å²) in [5.41, 5.74) is -0.346. The number of amides is 4. The lowest BCUT2D eigenvalue weighted by molar-refractivity contribution is -0.134. The summed E-state index contributed by atoms with van der Waals surface area (Å²) in [6.07, 6.45) is 3.53. The van der Waals surface area contributed by atoms with E-state index in [0.717, 1.165) is 19.4 Å². The third kappa shape index (κ3) is 7.19. The van der Waals surface area contributed by atoms with Gasteiger partial charge >= 0.3 is 6.03 Å². The molecule has 24 heavy (non-hydrogen) atoms. The molecule has 2 atom stereocenters. The van der Waals surface area contributed by atoms with Gasteiger partial charge in [-0.25, -0.2) is 4.79 Å². The number of piperidine rings is 1. The Morgan fingerprint density at radius 1 is 1.21 bits per heavy atom. The lowest BCUT2D eigenvalue weighted by atomic mass is 10.0. The lowest BCUT2D eigenvalue weighted by Gasteiger charge is -2.33. The van der Waals surface area contributed by atoms with Crippen molar-refractivity contribution in [1.82, 2.24) is 20.9 Å².